The first-order valence-electron chi connectivity index (χ1n) is 3.47. The van der Waals surface area contributed by atoms with E-state index in [1.54, 1.807) is 0 Å². The number of carbonyl (C=O) groups excluding carboxylic acids is 1. The van der Waals surface area contributed by atoms with E-state index in [0.29, 0.717) is 0 Å². The zero-order valence-electron chi connectivity index (χ0n) is 6.84. The van der Waals surface area contributed by atoms with Crippen molar-refractivity contribution in [2.45, 2.75) is 13.0 Å². The highest BCUT2D eigenvalue weighted by molar-refractivity contribution is 5.90. The molecule has 0 aromatic carbocycles. The molecule has 1 aromatic rings. The van der Waals surface area contributed by atoms with Gasteiger partial charge in [-0.2, -0.15) is 0 Å². The SMILES string of the molecule is C[C@H](C(=O)O)n1cc(C(N)=O)nn1. The predicted molar refractivity (Wildman–Crippen MR) is 40.9 cm³/mol. The average Bonchev–Trinajstić information content (AvgIpc) is 2.50. The second-order valence-corrected chi connectivity index (χ2v) is 2.46. The molecule has 0 aliphatic heterocycles. The highest BCUT2D eigenvalue weighted by Gasteiger charge is 2.16. The molecule has 1 amide bonds. The molecule has 0 aliphatic rings. The smallest absolute Gasteiger partial charge is 0.328 e. The summed E-state index contributed by atoms with van der Waals surface area (Å²) in [5.74, 6) is -1.79. The normalized spacial score (nSPS) is 12.4. The van der Waals surface area contributed by atoms with E-state index in [1.165, 1.54) is 13.1 Å². The average molecular weight is 184 g/mol. The van der Waals surface area contributed by atoms with Gasteiger partial charge in [-0.3, -0.25) is 4.79 Å². The lowest BCUT2D eigenvalue weighted by atomic mass is 10.3. The fraction of sp³-hybridized carbons (Fsp3) is 0.333. The molecule has 7 heteroatoms. The van der Waals surface area contributed by atoms with Crippen LogP contribution in [0.4, 0.5) is 0 Å². The summed E-state index contributed by atoms with van der Waals surface area (Å²) in [6, 6.07) is -0.861. The van der Waals surface area contributed by atoms with Crippen molar-refractivity contribution in [3.8, 4) is 0 Å². The van der Waals surface area contributed by atoms with Crippen molar-refractivity contribution in [3.05, 3.63) is 11.9 Å². The molecule has 1 rings (SSSR count). The van der Waals surface area contributed by atoms with Crippen molar-refractivity contribution in [2.75, 3.05) is 0 Å². The molecule has 0 fully saturated rings. The van der Waals surface area contributed by atoms with Crippen LogP contribution in [0.3, 0.4) is 0 Å². The maximum atomic E-state index is 10.6. The van der Waals surface area contributed by atoms with Gasteiger partial charge in [-0.25, -0.2) is 9.48 Å². The minimum Gasteiger partial charge on any atom is -0.480 e. The zero-order chi connectivity index (χ0) is 10.0. The Morgan fingerprint density at radius 3 is 2.69 bits per heavy atom. The second kappa shape index (κ2) is 3.21. The lowest BCUT2D eigenvalue weighted by Gasteiger charge is -2.03. The molecule has 0 bridgehead atoms. The molecule has 0 saturated carbocycles. The summed E-state index contributed by atoms with van der Waals surface area (Å²) in [5.41, 5.74) is 4.85. The Bertz CT molecular complexity index is 345. The van der Waals surface area contributed by atoms with Crippen LogP contribution < -0.4 is 5.73 Å². The monoisotopic (exact) mass is 184 g/mol. The van der Waals surface area contributed by atoms with E-state index >= 15 is 0 Å². The molecular formula is C6H8N4O3. The number of hydrogen-bond donors (Lipinski definition) is 2. The summed E-state index contributed by atoms with van der Waals surface area (Å²) in [4.78, 5) is 21.0. The van der Waals surface area contributed by atoms with Crippen molar-refractivity contribution in [2.24, 2.45) is 5.73 Å². The number of carboxylic acids is 1. The van der Waals surface area contributed by atoms with Gasteiger partial charge in [0, 0.05) is 0 Å². The largest absolute Gasteiger partial charge is 0.480 e. The van der Waals surface area contributed by atoms with E-state index in [9.17, 15) is 9.59 Å². The first-order chi connectivity index (χ1) is 6.02. The Kier molecular flexibility index (Phi) is 2.27. The molecule has 0 unspecified atom stereocenters. The van der Waals surface area contributed by atoms with E-state index < -0.39 is 17.9 Å². The topological polar surface area (TPSA) is 111 Å². The van der Waals surface area contributed by atoms with Crippen LogP contribution in [0.25, 0.3) is 0 Å². The third-order valence-electron chi connectivity index (χ3n) is 1.52. The number of hydrogen-bond acceptors (Lipinski definition) is 4. The summed E-state index contributed by atoms with van der Waals surface area (Å²) in [5, 5.41) is 15.4. The number of aliphatic carboxylic acids is 1. The number of amides is 1. The van der Waals surface area contributed by atoms with Crippen molar-refractivity contribution >= 4 is 11.9 Å². The summed E-state index contributed by atoms with van der Waals surface area (Å²) >= 11 is 0. The van der Waals surface area contributed by atoms with Crippen LogP contribution in [0.2, 0.25) is 0 Å². The Labute approximate surface area is 73.1 Å². The van der Waals surface area contributed by atoms with Crippen molar-refractivity contribution in [1.29, 1.82) is 0 Å². The van der Waals surface area contributed by atoms with Gasteiger partial charge in [-0.05, 0) is 6.92 Å². The number of primary amides is 1. The summed E-state index contributed by atoms with van der Waals surface area (Å²) in [6.07, 6.45) is 1.20. The molecule has 0 aliphatic carbocycles. The Morgan fingerprint density at radius 1 is 1.69 bits per heavy atom. The van der Waals surface area contributed by atoms with Gasteiger partial charge in [-0.1, -0.05) is 5.21 Å². The summed E-state index contributed by atoms with van der Waals surface area (Å²) in [7, 11) is 0. The molecule has 1 aromatic heterocycles. The van der Waals surface area contributed by atoms with Crippen LogP contribution in [0.15, 0.2) is 6.20 Å². The number of aromatic nitrogens is 3. The lowest BCUT2D eigenvalue weighted by Crippen LogP contribution is -2.16. The molecule has 1 heterocycles. The van der Waals surface area contributed by atoms with E-state index in [0.717, 1.165) is 4.68 Å². The number of rotatable bonds is 3. The van der Waals surface area contributed by atoms with Gasteiger partial charge in [0.05, 0.1) is 6.20 Å². The number of nitrogens with zero attached hydrogens (tertiary/aromatic N) is 3. The number of carboxylic acid groups (broad SMARTS) is 1. The molecule has 7 nitrogen and oxygen atoms in total. The summed E-state index contributed by atoms with van der Waals surface area (Å²) < 4.78 is 1.06. The van der Waals surface area contributed by atoms with Crippen LogP contribution in [0.1, 0.15) is 23.5 Å². The Morgan fingerprint density at radius 2 is 2.31 bits per heavy atom. The van der Waals surface area contributed by atoms with Crippen LogP contribution in [0, 0.1) is 0 Å². The molecule has 1 atom stereocenters. The van der Waals surface area contributed by atoms with Gasteiger partial charge in [-0.15, -0.1) is 5.10 Å². The van der Waals surface area contributed by atoms with E-state index in [-0.39, 0.29) is 5.69 Å². The van der Waals surface area contributed by atoms with Gasteiger partial charge in [0.15, 0.2) is 5.69 Å². The number of nitrogens with two attached hydrogens (primary N) is 1. The standard InChI is InChI=1S/C6H8N4O3/c1-3(6(12)13)10-2-4(5(7)11)8-9-10/h2-3H,1H3,(H2,7,11)(H,12,13)/t3-/m1/s1. The van der Waals surface area contributed by atoms with Crippen LogP contribution in [-0.2, 0) is 4.79 Å². The van der Waals surface area contributed by atoms with Crippen molar-refractivity contribution in [1.82, 2.24) is 15.0 Å². The highest BCUT2D eigenvalue weighted by atomic mass is 16.4. The minimum absolute atomic E-state index is 0.0481. The first kappa shape index (κ1) is 9.17. The molecule has 0 saturated heterocycles. The quantitative estimate of drug-likeness (QED) is 0.627. The lowest BCUT2D eigenvalue weighted by molar-refractivity contribution is -0.140. The third kappa shape index (κ3) is 1.81. The van der Waals surface area contributed by atoms with E-state index in [4.69, 9.17) is 10.8 Å². The van der Waals surface area contributed by atoms with Gasteiger partial charge in [0.25, 0.3) is 5.91 Å². The molecular weight excluding hydrogens is 176 g/mol. The van der Waals surface area contributed by atoms with Crippen LogP contribution in [0.5, 0.6) is 0 Å². The van der Waals surface area contributed by atoms with Crippen LogP contribution >= 0.6 is 0 Å². The number of carbonyl (C=O) groups is 2. The van der Waals surface area contributed by atoms with Crippen molar-refractivity contribution in [3.63, 3.8) is 0 Å². The molecule has 13 heavy (non-hydrogen) atoms. The summed E-state index contributed by atoms with van der Waals surface area (Å²) in [6.45, 7) is 1.42. The Hall–Kier alpha value is -1.92. The van der Waals surface area contributed by atoms with E-state index in [1.807, 2.05) is 0 Å². The van der Waals surface area contributed by atoms with Crippen molar-refractivity contribution < 1.29 is 14.7 Å². The van der Waals surface area contributed by atoms with Gasteiger partial charge < -0.3 is 10.8 Å². The van der Waals surface area contributed by atoms with E-state index in [2.05, 4.69) is 10.3 Å². The molecule has 0 spiro atoms. The fourth-order valence-electron chi connectivity index (χ4n) is 0.692. The van der Waals surface area contributed by atoms with Gasteiger partial charge >= 0.3 is 5.97 Å². The van der Waals surface area contributed by atoms with Gasteiger partial charge in [0.1, 0.15) is 6.04 Å². The maximum absolute atomic E-state index is 10.6. The van der Waals surface area contributed by atoms with Gasteiger partial charge in [0.2, 0.25) is 0 Å². The highest BCUT2D eigenvalue weighted by Crippen LogP contribution is 2.03. The van der Waals surface area contributed by atoms with Crippen LogP contribution in [-0.4, -0.2) is 32.0 Å². The second-order valence-electron chi connectivity index (χ2n) is 2.46. The zero-order valence-corrected chi connectivity index (χ0v) is 6.84. The molecule has 70 valence electrons. The molecule has 0 radical (unpaired) electrons. The molecule has 3 N–H and O–H groups in total. The minimum atomic E-state index is -1.05. The first-order valence-corrected chi connectivity index (χ1v) is 3.47. The Balaban J connectivity index is 2.91. The third-order valence-corrected chi connectivity index (χ3v) is 1.52. The predicted octanol–water partition coefficient (Wildman–Crippen LogP) is -0.977. The maximum Gasteiger partial charge on any atom is 0.328 e. The fourth-order valence-corrected chi connectivity index (χ4v) is 0.692.